The van der Waals surface area contributed by atoms with Crippen LogP contribution in [0.1, 0.15) is 68.9 Å². The first-order valence-electron chi connectivity index (χ1n) is 20.2. The first kappa shape index (κ1) is 56.0. The van der Waals surface area contributed by atoms with E-state index in [1.165, 1.54) is 39.7 Å². The number of sulfonamides is 2. The molecule has 0 radical (unpaired) electrons. The molecule has 0 spiro atoms. The molecule has 0 aliphatic rings. The molecule has 2 aromatic carbocycles. The molecule has 26 heteroatoms. The van der Waals surface area contributed by atoms with Crippen molar-refractivity contribution < 1.29 is 50.1 Å². The number of thiazole rings is 1. The summed E-state index contributed by atoms with van der Waals surface area (Å²) in [4.78, 5) is 42.1. The number of hydrogen-bond acceptors (Lipinski definition) is 17. The fourth-order valence-electron chi connectivity index (χ4n) is 6.55. The number of hydroxylamine groups is 2. The summed E-state index contributed by atoms with van der Waals surface area (Å²) in [6.45, 7) is 10.7. The van der Waals surface area contributed by atoms with E-state index in [-0.39, 0.29) is 59.4 Å². The van der Waals surface area contributed by atoms with Crippen LogP contribution in [0.15, 0.2) is 43.5 Å². The standard InChI is InChI=1S/C20H28BN5O5S2.C19H32BN5O6S/c1-12-10-16(31-4)13(2)14(3)18(12)33(29,30)26-20(22)24-7-5-6-15(25-11-21-28)17(27)19-23-8-9-32-19;1-12-10-16(30-5)13(2)14(3)17(12)32(28,29)24-19(21)22-9-7-8-15(23-11-20-27)18(26)25(4)31-6/h8-10,15,25H,5-7,11H2,1-4H3,(H3,22,24,26);10,15,23H,7-9,11H2,1-6H3,(H3,21,22,24)/t2*15-/m11/s1. The molecule has 356 valence electrons. The zero-order valence-corrected chi connectivity index (χ0v) is 40.9. The molecule has 21 nitrogen and oxygen atoms in total. The Morgan fingerprint density at radius 1 is 0.754 bits per heavy atom. The Bertz CT molecular complexity index is 2400. The van der Waals surface area contributed by atoms with E-state index >= 15 is 0 Å². The number of amides is 1. The van der Waals surface area contributed by atoms with Gasteiger partial charge >= 0.3 is 288 Å². The van der Waals surface area contributed by atoms with Crippen molar-refractivity contribution in [3.8, 4) is 11.5 Å². The predicted octanol–water partition coefficient (Wildman–Crippen LogP) is 1.28. The third-order valence-corrected chi connectivity index (χ3v) is 14.1. The summed E-state index contributed by atoms with van der Waals surface area (Å²) < 4.78 is 88.0. The number of nitrogens with one attached hydrogen (secondary N) is 4. The fourth-order valence-corrected chi connectivity index (χ4v) is 10.1. The van der Waals surface area contributed by atoms with Crippen LogP contribution in [0.3, 0.4) is 0 Å². The Balaban J connectivity index is 0.000000447. The second kappa shape index (κ2) is 26.7. The molecule has 0 aliphatic carbocycles. The third kappa shape index (κ3) is 16.4. The van der Waals surface area contributed by atoms with Crippen LogP contribution in [0.4, 0.5) is 0 Å². The van der Waals surface area contributed by atoms with E-state index in [1.807, 2.05) is 0 Å². The molecule has 3 aromatic rings. The zero-order valence-electron chi connectivity index (χ0n) is 38.4. The van der Waals surface area contributed by atoms with Crippen molar-refractivity contribution in [2.24, 2.45) is 21.5 Å². The van der Waals surface area contributed by atoms with Gasteiger partial charge in [-0.05, 0) is 64.8 Å². The van der Waals surface area contributed by atoms with E-state index in [1.54, 1.807) is 65.3 Å². The number of aromatic nitrogens is 1. The van der Waals surface area contributed by atoms with Gasteiger partial charge in [0.25, 0.3) is 0 Å². The SMILES string of the molecule is COc1cc(C)c(S(=O)(=O)NC(N)=NCCC[C@@H](NCB=O)C(=O)N(C)OC)c(C)c1C.COc1cc(C)c(S(=O)(=O)NC(N)=NCCC[C@@H](NCB=O)C(=O)c2nccs2)c(C)c1C. The van der Waals surface area contributed by atoms with E-state index in [9.17, 15) is 35.8 Å². The molecular weight excluding hydrogens is 902 g/mol. The van der Waals surface area contributed by atoms with Crippen LogP contribution in [0, 0.1) is 41.5 Å². The number of ketones is 1. The monoisotopic (exact) mass is 962 g/mol. The number of likely N-dealkylation sites (N-methyl/N-ethyl adjacent to an activating group) is 1. The summed E-state index contributed by atoms with van der Waals surface area (Å²) in [6.07, 6.45) is 3.18. The molecular formula is C39H60B2N10O11S3. The van der Waals surface area contributed by atoms with E-state index < -0.39 is 32.1 Å². The maximum atomic E-state index is 12.9. The molecule has 0 saturated carbocycles. The number of carbonyl (C=O) groups excluding carboxylic acids is 2. The van der Waals surface area contributed by atoms with Gasteiger partial charge in [0.1, 0.15) is 11.5 Å². The number of methoxy groups -OCH3 is 2. The Hall–Kier alpha value is -5.14. The van der Waals surface area contributed by atoms with Crippen LogP contribution >= 0.6 is 11.3 Å². The summed E-state index contributed by atoms with van der Waals surface area (Å²) in [5.41, 5.74) is 15.2. The predicted molar refractivity (Wildman–Crippen MR) is 249 cm³/mol. The van der Waals surface area contributed by atoms with Crippen LogP contribution in [0.25, 0.3) is 0 Å². The number of carbonyl (C=O) groups is 2. The summed E-state index contributed by atoms with van der Waals surface area (Å²) in [5.74, 6) is 0.168. The van der Waals surface area contributed by atoms with Gasteiger partial charge in [0.2, 0.25) is 0 Å². The van der Waals surface area contributed by atoms with Gasteiger partial charge < -0.3 is 9.47 Å². The minimum atomic E-state index is -3.95. The number of nitrogens with zero attached hydrogens (tertiary/aromatic N) is 4. The quantitative estimate of drug-likeness (QED) is 0.0184. The molecule has 0 bridgehead atoms. The van der Waals surface area contributed by atoms with Gasteiger partial charge in [0, 0.05) is 0 Å². The number of benzene rings is 2. The first-order chi connectivity index (χ1) is 30.6. The number of nitrogens with two attached hydrogens (primary N) is 2. The van der Waals surface area contributed by atoms with E-state index in [4.69, 9.17) is 25.8 Å². The number of rotatable bonds is 24. The first-order valence-corrected chi connectivity index (χ1v) is 24.0. The molecule has 1 aromatic heterocycles. The molecule has 0 saturated heterocycles. The molecule has 1 heterocycles. The minimum Gasteiger partial charge on any atom is -0.0380 e. The van der Waals surface area contributed by atoms with Gasteiger partial charge in [-0.1, -0.05) is 0 Å². The van der Waals surface area contributed by atoms with Gasteiger partial charge in [-0.2, -0.15) is 0 Å². The van der Waals surface area contributed by atoms with E-state index in [0.29, 0.717) is 84.3 Å². The van der Waals surface area contributed by atoms with Crippen LogP contribution in [-0.2, 0) is 39.1 Å². The van der Waals surface area contributed by atoms with Crippen molar-refractivity contribution >= 4 is 69.3 Å². The molecule has 3 rings (SSSR count). The molecule has 0 aliphatic heterocycles. The molecule has 2 atom stereocenters. The van der Waals surface area contributed by atoms with Gasteiger partial charge in [0.05, 0.1) is 14.2 Å². The Labute approximate surface area is 386 Å². The van der Waals surface area contributed by atoms with Crippen LogP contribution in [-0.4, -0.2) is 131 Å². The molecule has 1 amide bonds. The van der Waals surface area contributed by atoms with Gasteiger partial charge in [-0.25, -0.2) is 0 Å². The van der Waals surface area contributed by atoms with Crippen molar-refractivity contribution in [3.05, 3.63) is 62.1 Å². The normalized spacial score (nSPS) is 12.8. The van der Waals surface area contributed by atoms with Crippen molar-refractivity contribution in [3.63, 3.8) is 0 Å². The van der Waals surface area contributed by atoms with Crippen molar-refractivity contribution in [1.29, 1.82) is 0 Å². The van der Waals surface area contributed by atoms with Crippen molar-refractivity contribution in [2.45, 2.75) is 89.1 Å². The average molecular weight is 963 g/mol. The minimum absolute atomic E-state index is 0.0130. The Kier molecular flexibility index (Phi) is 23.0. The summed E-state index contributed by atoms with van der Waals surface area (Å²) in [7, 11) is -0.686. The van der Waals surface area contributed by atoms with Crippen LogP contribution < -0.4 is 41.0 Å². The zero-order chi connectivity index (χ0) is 49.1. The Morgan fingerprint density at radius 2 is 1.18 bits per heavy atom. The van der Waals surface area contributed by atoms with Crippen molar-refractivity contribution in [1.82, 2.24) is 30.1 Å². The second-order valence-electron chi connectivity index (χ2n) is 14.5. The summed E-state index contributed by atoms with van der Waals surface area (Å²) in [6, 6.07) is 2.08. The summed E-state index contributed by atoms with van der Waals surface area (Å²) >= 11 is 1.23. The number of aryl methyl sites for hydroxylation is 2. The van der Waals surface area contributed by atoms with Gasteiger partial charge in [0.15, 0.2) is 0 Å². The number of hydrogen-bond donors (Lipinski definition) is 6. The smallest absolute Gasteiger partial charge is 0.0380 e. The third-order valence-electron chi connectivity index (χ3n) is 10.0. The van der Waals surface area contributed by atoms with Gasteiger partial charge in [-0.15, -0.1) is 0 Å². The van der Waals surface area contributed by atoms with Gasteiger partial charge in [-0.3, -0.25) is 0 Å². The van der Waals surface area contributed by atoms with E-state index in [0.717, 1.165) is 10.6 Å². The number of guanidine groups is 2. The van der Waals surface area contributed by atoms with E-state index in [2.05, 4.69) is 35.0 Å². The molecule has 65 heavy (non-hydrogen) atoms. The average Bonchev–Trinajstić information content (AvgIpc) is 3.80. The molecule has 8 N–H and O–H groups in total. The molecule has 0 unspecified atom stereocenters. The Morgan fingerprint density at radius 3 is 1.57 bits per heavy atom. The second-order valence-corrected chi connectivity index (χ2v) is 18.6. The maximum absolute atomic E-state index is 12.9. The topological polar surface area (TPSA) is 305 Å². The van der Waals surface area contributed by atoms with Crippen molar-refractivity contribution in [2.75, 3.05) is 54.4 Å². The number of aliphatic imine (C=N–C) groups is 2. The fraction of sp³-hybridized carbons (Fsp3) is 0.513. The summed E-state index contributed by atoms with van der Waals surface area (Å²) in [5, 5.41) is 8.82. The van der Waals surface area contributed by atoms with Crippen LogP contribution in [0.5, 0.6) is 11.5 Å². The van der Waals surface area contributed by atoms with Crippen LogP contribution in [0.2, 0.25) is 0 Å². The molecule has 0 fully saturated rings. The number of ether oxygens (including phenoxy) is 2. The number of Topliss-reactive ketones (excluding diaryl/α,β-unsaturated/α-hetero) is 1.